The van der Waals surface area contributed by atoms with Gasteiger partial charge >= 0.3 is 19.4 Å². The summed E-state index contributed by atoms with van der Waals surface area (Å²) in [5.41, 5.74) is 4.84. The second-order valence-electron chi connectivity index (χ2n) is 4.30. The van der Waals surface area contributed by atoms with E-state index in [1.165, 1.54) is 20.2 Å². The largest absolute Gasteiger partial charge is 0.469 e. The first-order valence-corrected chi connectivity index (χ1v) is 8.68. The third-order valence-electron chi connectivity index (χ3n) is 2.54. The van der Waals surface area contributed by atoms with E-state index in [9.17, 15) is 14.2 Å². The van der Waals surface area contributed by atoms with E-state index in [0.29, 0.717) is 5.58 Å². The zero-order valence-electron chi connectivity index (χ0n) is 14.0. The quantitative estimate of drug-likeness (QED) is 0.305. The maximum absolute atomic E-state index is 10.7. The maximum atomic E-state index is 10.7. The molecule has 0 fully saturated rings. The normalized spacial score (nSPS) is 10.1. The molecule has 0 spiro atoms. The van der Waals surface area contributed by atoms with Crippen molar-refractivity contribution in [1.82, 2.24) is 0 Å². The average Bonchev–Trinajstić information content (AvgIpc) is 2.60. The van der Waals surface area contributed by atoms with Crippen molar-refractivity contribution < 1.29 is 32.8 Å². The van der Waals surface area contributed by atoms with Crippen LogP contribution in [0.1, 0.15) is 12.8 Å². The Kier molecular flexibility index (Phi) is 11.3. The number of para-hydroxylation sites is 1. The Hall–Kier alpha value is -2.03. The molecule has 140 valence electrons. The lowest BCUT2D eigenvalue weighted by molar-refractivity contribution is -0.140. The molecule has 0 bridgehead atoms. The van der Waals surface area contributed by atoms with Gasteiger partial charge in [0.15, 0.2) is 0 Å². The number of phosphoric ester groups is 1. The fourth-order valence-corrected chi connectivity index (χ4v) is 1.88. The Bertz CT molecular complexity index is 739. The zero-order valence-corrected chi connectivity index (χ0v) is 14.8. The molecule has 0 radical (unpaired) electrons. The monoisotopic (exact) mass is 375 g/mol. The lowest BCUT2D eigenvalue weighted by Gasteiger charge is -2.03. The Morgan fingerprint density at radius 2 is 1.84 bits per heavy atom. The molecule has 9 nitrogen and oxygen atoms in total. The summed E-state index contributed by atoms with van der Waals surface area (Å²) in [4.78, 5) is 37.6. The number of hydrogen-bond donors (Lipinski definition) is 3. The van der Waals surface area contributed by atoms with Crippen LogP contribution >= 0.6 is 7.82 Å². The van der Waals surface area contributed by atoms with Gasteiger partial charge in [-0.3, -0.25) is 9.32 Å². The molecule has 0 aliphatic heterocycles. The topological polar surface area (TPSA) is 149 Å². The van der Waals surface area contributed by atoms with E-state index in [4.69, 9.17) is 14.2 Å². The molecule has 0 unspecified atom stereocenters. The molecule has 0 atom stereocenters. The van der Waals surface area contributed by atoms with E-state index in [1.54, 1.807) is 12.1 Å². The van der Waals surface area contributed by atoms with Crippen LogP contribution < -0.4 is 11.4 Å². The van der Waals surface area contributed by atoms with Crippen LogP contribution in [-0.4, -0.2) is 36.5 Å². The SMILES string of the molecule is CN.COC(=O)CCCOP(=O)(O)O.O=c1ccc2ccccc2o1. The van der Waals surface area contributed by atoms with E-state index in [2.05, 4.69) is 15.0 Å². The Morgan fingerprint density at radius 1 is 1.20 bits per heavy atom. The molecule has 0 amide bonds. The number of nitrogens with two attached hydrogens (primary N) is 1. The molecule has 0 saturated heterocycles. The molecule has 0 aliphatic carbocycles. The summed E-state index contributed by atoms with van der Waals surface area (Å²) in [6.07, 6.45) is 0.328. The number of hydrogen-bond acceptors (Lipinski definition) is 7. The summed E-state index contributed by atoms with van der Waals surface area (Å²) < 4.78 is 23.4. The van der Waals surface area contributed by atoms with Gasteiger partial charge in [0, 0.05) is 17.9 Å². The fraction of sp³-hybridized carbons (Fsp3) is 0.333. The minimum absolute atomic E-state index is 0.0938. The van der Waals surface area contributed by atoms with E-state index >= 15 is 0 Å². The summed E-state index contributed by atoms with van der Waals surface area (Å²) in [6.45, 7) is -0.153. The van der Waals surface area contributed by atoms with E-state index in [-0.39, 0.29) is 25.1 Å². The van der Waals surface area contributed by atoms with Crippen molar-refractivity contribution in [3.8, 4) is 0 Å². The standard InChI is InChI=1S/C9H6O2.C5H11O6P.CH5N/c10-9-6-5-7-3-1-2-4-8(7)11-9;1-10-5(6)3-2-4-11-12(7,8)9;1-2/h1-6H;2-4H2,1H3,(H2,7,8,9);2H2,1H3. The van der Waals surface area contributed by atoms with Crippen molar-refractivity contribution in [2.75, 3.05) is 20.8 Å². The van der Waals surface area contributed by atoms with Crippen molar-refractivity contribution in [3.63, 3.8) is 0 Å². The molecular formula is C15H22NO8P. The molecule has 2 aromatic rings. The molecular weight excluding hydrogens is 353 g/mol. The average molecular weight is 375 g/mol. The summed E-state index contributed by atoms with van der Waals surface area (Å²) in [5.74, 6) is -0.427. The van der Waals surface area contributed by atoms with Gasteiger partial charge in [0.25, 0.3) is 0 Å². The molecule has 1 aromatic heterocycles. The summed E-state index contributed by atoms with van der Waals surface area (Å²) in [6, 6.07) is 10.6. The van der Waals surface area contributed by atoms with Gasteiger partial charge in [-0.1, -0.05) is 18.2 Å². The highest BCUT2D eigenvalue weighted by Crippen LogP contribution is 2.35. The van der Waals surface area contributed by atoms with Crippen LogP contribution in [0.5, 0.6) is 0 Å². The maximum Gasteiger partial charge on any atom is 0.469 e. The van der Waals surface area contributed by atoms with Crippen molar-refractivity contribution in [1.29, 1.82) is 0 Å². The lowest BCUT2D eigenvalue weighted by Crippen LogP contribution is -2.02. The van der Waals surface area contributed by atoms with Gasteiger partial charge in [-0.05, 0) is 25.6 Å². The second-order valence-corrected chi connectivity index (χ2v) is 5.54. The van der Waals surface area contributed by atoms with Gasteiger partial charge in [-0.15, -0.1) is 0 Å². The number of rotatable bonds is 5. The number of ether oxygens (including phenoxy) is 1. The summed E-state index contributed by atoms with van der Waals surface area (Å²) >= 11 is 0. The van der Waals surface area contributed by atoms with Gasteiger partial charge in [0.1, 0.15) is 5.58 Å². The predicted molar refractivity (Wildman–Crippen MR) is 91.8 cm³/mol. The molecule has 2 rings (SSSR count). The minimum atomic E-state index is -4.39. The first-order valence-electron chi connectivity index (χ1n) is 7.15. The molecule has 0 saturated carbocycles. The van der Waals surface area contributed by atoms with Crippen molar-refractivity contribution >= 4 is 24.8 Å². The van der Waals surface area contributed by atoms with Gasteiger partial charge in [-0.25, -0.2) is 9.36 Å². The van der Waals surface area contributed by atoms with Crippen molar-refractivity contribution in [2.45, 2.75) is 12.8 Å². The third-order valence-corrected chi connectivity index (χ3v) is 3.06. The number of methoxy groups -OCH3 is 1. The van der Waals surface area contributed by atoms with Gasteiger partial charge in [-0.2, -0.15) is 0 Å². The first kappa shape index (κ1) is 23.0. The number of phosphoric acid groups is 1. The van der Waals surface area contributed by atoms with Gasteiger partial charge in [0.05, 0.1) is 13.7 Å². The molecule has 4 N–H and O–H groups in total. The number of carbonyl (C=O) groups excluding carboxylic acids is 1. The lowest BCUT2D eigenvalue weighted by atomic mass is 10.2. The van der Waals surface area contributed by atoms with Crippen molar-refractivity contribution in [3.05, 3.63) is 46.8 Å². The van der Waals surface area contributed by atoms with Gasteiger partial charge < -0.3 is 24.7 Å². The fourth-order valence-electron chi connectivity index (χ4n) is 1.51. The van der Waals surface area contributed by atoms with Gasteiger partial charge in [0.2, 0.25) is 0 Å². The first-order chi connectivity index (χ1) is 11.8. The zero-order chi connectivity index (χ0) is 19.3. The molecule has 1 heterocycles. The van der Waals surface area contributed by atoms with E-state index in [0.717, 1.165) is 5.39 Å². The highest BCUT2D eigenvalue weighted by molar-refractivity contribution is 7.46. The Labute approximate surface area is 144 Å². The molecule has 25 heavy (non-hydrogen) atoms. The van der Waals surface area contributed by atoms with Crippen LogP contribution in [0.3, 0.4) is 0 Å². The smallest absolute Gasteiger partial charge is 0.469 e. The highest BCUT2D eigenvalue weighted by Gasteiger charge is 2.13. The van der Waals surface area contributed by atoms with Crippen LogP contribution in [0, 0.1) is 0 Å². The molecule has 1 aromatic carbocycles. The predicted octanol–water partition coefficient (Wildman–Crippen LogP) is 1.42. The van der Waals surface area contributed by atoms with Crippen LogP contribution in [-0.2, 0) is 18.6 Å². The summed E-state index contributed by atoms with van der Waals surface area (Å²) in [5, 5.41) is 0.951. The Morgan fingerprint density at radius 3 is 2.44 bits per heavy atom. The van der Waals surface area contributed by atoms with E-state index in [1.807, 2.05) is 18.2 Å². The second kappa shape index (κ2) is 12.3. The van der Waals surface area contributed by atoms with Crippen LogP contribution in [0.15, 0.2) is 45.6 Å². The highest BCUT2D eigenvalue weighted by atomic mass is 31.2. The van der Waals surface area contributed by atoms with Crippen LogP contribution in [0.2, 0.25) is 0 Å². The number of carbonyl (C=O) groups is 1. The third kappa shape index (κ3) is 11.2. The Balaban J connectivity index is 0.000000419. The molecule has 0 aliphatic rings. The number of benzene rings is 1. The number of esters is 1. The van der Waals surface area contributed by atoms with Crippen molar-refractivity contribution in [2.24, 2.45) is 5.73 Å². The minimum Gasteiger partial charge on any atom is -0.469 e. The van der Waals surface area contributed by atoms with Crippen LogP contribution in [0.25, 0.3) is 11.0 Å². The molecule has 10 heteroatoms. The number of fused-ring (bicyclic) bond motifs is 1. The summed E-state index contributed by atoms with van der Waals surface area (Å²) in [7, 11) is -1.64. The van der Waals surface area contributed by atoms with E-state index < -0.39 is 13.8 Å². The van der Waals surface area contributed by atoms with Crippen LogP contribution in [0.4, 0.5) is 0 Å².